The fourth-order valence-corrected chi connectivity index (χ4v) is 4.90. The van der Waals surface area contributed by atoms with Crippen molar-refractivity contribution in [3.05, 3.63) is 76.9 Å². The third-order valence-electron chi connectivity index (χ3n) is 6.50. The Kier molecular flexibility index (Phi) is 5.21. The van der Waals surface area contributed by atoms with Gasteiger partial charge in [0.2, 0.25) is 5.91 Å². The van der Waals surface area contributed by atoms with Crippen molar-refractivity contribution in [2.45, 2.75) is 38.6 Å². The zero-order chi connectivity index (χ0) is 22.2. The largest absolute Gasteiger partial charge is 0.508 e. The molecule has 3 aromatic rings. The highest BCUT2D eigenvalue weighted by Crippen LogP contribution is 2.34. The van der Waals surface area contributed by atoms with E-state index in [4.69, 9.17) is 4.74 Å². The lowest BCUT2D eigenvalue weighted by molar-refractivity contribution is -0.130. The molecule has 6 heteroatoms. The Hall–Kier alpha value is -3.54. The number of likely N-dealkylation sites (tertiary alicyclic amines) is 1. The highest BCUT2D eigenvalue weighted by Gasteiger charge is 2.34. The normalized spacial score (nSPS) is 19.4. The number of hydrogen-bond acceptors (Lipinski definition) is 4. The molecule has 1 atom stereocenters. The van der Waals surface area contributed by atoms with Gasteiger partial charge < -0.3 is 19.3 Å². The Morgan fingerprint density at radius 3 is 2.84 bits per heavy atom. The molecule has 32 heavy (non-hydrogen) atoms. The summed E-state index contributed by atoms with van der Waals surface area (Å²) in [5.41, 5.74) is 5.75. The predicted molar refractivity (Wildman–Crippen MR) is 123 cm³/mol. The first kappa shape index (κ1) is 20.4. The molecule has 0 bridgehead atoms. The number of aromatic hydroxyl groups is 1. The van der Waals surface area contributed by atoms with Crippen molar-refractivity contribution in [3.8, 4) is 17.2 Å². The quantitative estimate of drug-likeness (QED) is 0.635. The van der Waals surface area contributed by atoms with Crippen LogP contribution in [0.15, 0.2) is 54.5 Å². The van der Waals surface area contributed by atoms with Crippen LogP contribution in [0.3, 0.4) is 0 Å². The second-order valence-electron chi connectivity index (χ2n) is 8.60. The molecule has 1 aromatic heterocycles. The van der Waals surface area contributed by atoms with E-state index in [1.54, 1.807) is 19.5 Å². The molecule has 2 heterocycles. The van der Waals surface area contributed by atoms with Gasteiger partial charge in [-0.1, -0.05) is 18.2 Å². The Bertz CT molecular complexity index is 1210. The molecule has 2 aromatic carbocycles. The Morgan fingerprint density at radius 2 is 2.09 bits per heavy atom. The summed E-state index contributed by atoms with van der Waals surface area (Å²) in [6.07, 6.45) is 8.94. The molecule has 2 aliphatic rings. The molecule has 1 saturated heterocycles. The maximum atomic E-state index is 13.4. The fraction of sp³-hybridized carbons (Fsp3) is 0.308. The van der Waals surface area contributed by atoms with Gasteiger partial charge in [-0.05, 0) is 73.6 Å². The van der Waals surface area contributed by atoms with Crippen LogP contribution < -0.4 is 4.74 Å². The second kappa shape index (κ2) is 8.19. The van der Waals surface area contributed by atoms with Gasteiger partial charge in [0.05, 0.1) is 24.8 Å². The number of methoxy groups -OCH3 is 1. The van der Waals surface area contributed by atoms with Crippen molar-refractivity contribution >= 4 is 12.0 Å². The molecule has 0 unspecified atom stereocenters. The molecular formula is C26H27N3O3. The highest BCUT2D eigenvalue weighted by atomic mass is 16.5. The van der Waals surface area contributed by atoms with Crippen molar-refractivity contribution < 1.29 is 14.6 Å². The first-order chi connectivity index (χ1) is 15.5. The van der Waals surface area contributed by atoms with Gasteiger partial charge >= 0.3 is 0 Å². The molecule has 0 spiro atoms. The van der Waals surface area contributed by atoms with Crippen LogP contribution in [0.5, 0.6) is 11.5 Å². The van der Waals surface area contributed by atoms with Gasteiger partial charge in [-0.15, -0.1) is 0 Å². The van der Waals surface area contributed by atoms with E-state index >= 15 is 0 Å². The van der Waals surface area contributed by atoms with E-state index in [-0.39, 0.29) is 11.9 Å². The number of imidazole rings is 1. The maximum Gasteiger partial charge on any atom is 0.250 e. The van der Waals surface area contributed by atoms with Gasteiger partial charge in [0.25, 0.3) is 0 Å². The van der Waals surface area contributed by atoms with Crippen LogP contribution in [0.4, 0.5) is 0 Å². The van der Waals surface area contributed by atoms with Crippen LogP contribution in [0.25, 0.3) is 11.8 Å². The topological polar surface area (TPSA) is 67.6 Å². The summed E-state index contributed by atoms with van der Waals surface area (Å²) in [6, 6.07) is 11.7. The number of carbonyl (C=O) groups is 1. The Labute approximate surface area is 187 Å². The monoisotopic (exact) mass is 429 g/mol. The van der Waals surface area contributed by atoms with Crippen LogP contribution in [-0.4, -0.2) is 45.2 Å². The smallest absolute Gasteiger partial charge is 0.250 e. The second-order valence-corrected chi connectivity index (χ2v) is 8.60. The number of hydrogen-bond donors (Lipinski definition) is 1. The van der Waals surface area contributed by atoms with E-state index in [0.29, 0.717) is 12.2 Å². The van der Waals surface area contributed by atoms with Crippen LogP contribution in [0, 0.1) is 6.92 Å². The molecule has 1 amide bonds. The molecular weight excluding hydrogens is 402 g/mol. The number of piperidine rings is 1. The molecule has 1 aliphatic carbocycles. The molecule has 1 aliphatic heterocycles. The third kappa shape index (κ3) is 3.66. The van der Waals surface area contributed by atoms with Crippen molar-refractivity contribution in [3.63, 3.8) is 0 Å². The van der Waals surface area contributed by atoms with Crippen molar-refractivity contribution in [1.29, 1.82) is 0 Å². The van der Waals surface area contributed by atoms with Gasteiger partial charge in [-0.3, -0.25) is 4.79 Å². The number of phenols is 1. The lowest BCUT2D eigenvalue weighted by atomic mass is 9.98. The summed E-state index contributed by atoms with van der Waals surface area (Å²) in [7, 11) is 1.65. The van der Waals surface area contributed by atoms with Crippen molar-refractivity contribution in [2.24, 2.45) is 0 Å². The third-order valence-corrected chi connectivity index (χ3v) is 6.50. The van der Waals surface area contributed by atoms with Gasteiger partial charge in [-0.25, -0.2) is 4.98 Å². The summed E-state index contributed by atoms with van der Waals surface area (Å²) in [5.74, 6) is 1.17. The van der Waals surface area contributed by atoms with Crippen molar-refractivity contribution in [1.82, 2.24) is 14.5 Å². The van der Waals surface area contributed by atoms with Crippen molar-refractivity contribution in [2.75, 3.05) is 13.7 Å². The maximum absolute atomic E-state index is 13.4. The van der Waals surface area contributed by atoms with E-state index in [0.717, 1.165) is 65.2 Å². The highest BCUT2D eigenvalue weighted by molar-refractivity contribution is 5.99. The number of rotatable bonds is 4. The Morgan fingerprint density at radius 1 is 1.22 bits per heavy atom. The Balaban J connectivity index is 1.38. The SMILES string of the molecule is COc1cc(/C=C2\CCCN([C@@H]3Cc4cccc(O)c4C3)C2=O)ccc1-n1cnc(C)c1. The number of nitrogens with zero attached hydrogens (tertiary/aromatic N) is 3. The van der Waals surface area contributed by atoms with Gasteiger partial charge in [0.1, 0.15) is 11.5 Å². The number of amides is 1. The average molecular weight is 430 g/mol. The molecule has 164 valence electrons. The van der Waals surface area contributed by atoms with Gasteiger partial charge in [0, 0.05) is 24.4 Å². The zero-order valence-electron chi connectivity index (χ0n) is 18.4. The van der Waals surface area contributed by atoms with E-state index in [1.165, 1.54) is 0 Å². The summed E-state index contributed by atoms with van der Waals surface area (Å²) < 4.78 is 7.55. The number of aromatic nitrogens is 2. The number of carbonyl (C=O) groups excluding carboxylic acids is 1. The molecule has 5 rings (SSSR count). The minimum atomic E-state index is 0.0989. The summed E-state index contributed by atoms with van der Waals surface area (Å²) in [5, 5.41) is 10.2. The molecule has 0 saturated carbocycles. The zero-order valence-corrected chi connectivity index (χ0v) is 18.4. The number of aryl methyl sites for hydroxylation is 1. The van der Waals surface area contributed by atoms with Gasteiger partial charge in [0.15, 0.2) is 0 Å². The van der Waals surface area contributed by atoms with Crippen LogP contribution >= 0.6 is 0 Å². The van der Waals surface area contributed by atoms with E-state index < -0.39 is 0 Å². The van der Waals surface area contributed by atoms with E-state index in [9.17, 15) is 9.90 Å². The number of phenolic OH excluding ortho intramolecular Hbond substituents is 1. The lowest BCUT2D eigenvalue weighted by Gasteiger charge is -2.33. The number of ether oxygens (including phenoxy) is 1. The molecule has 1 N–H and O–H groups in total. The molecule has 1 fully saturated rings. The van der Waals surface area contributed by atoms with Crippen LogP contribution in [0.2, 0.25) is 0 Å². The first-order valence-electron chi connectivity index (χ1n) is 11.0. The number of fused-ring (bicyclic) bond motifs is 1. The van der Waals surface area contributed by atoms with E-state index in [1.807, 2.05) is 52.9 Å². The minimum absolute atomic E-state index is 0.0989. The minimum Gasteiger partial charge on any atom is -0.508 e. The summed E-state index contributed by atoms with van der Waals surface area (Å²) in [4.78, 5) is 19.6. The van der Waals surface area contributed by atoms with Crippen LogP contribution in [-0.2, 0) is 17.6 Å². The standard InChI is InChI=1S/C26H27N3O3/c1-17-15-28(16-27-17)23-9-8-18(12-25(23)32-2)11-20-6-4-10-29(26(20)31)21-13-19-5-3-7-24(30)22(19)14-21/h3,5,7-9,11-12,15-16,21,30H,4,6,10,13-14H2,1-2H3/b20-11+/t21-/m1/s1. The summed E-state index contributed by atoms with van der Waals surface area (Å²) in [6.45, 7) is 2.71. The molecule has 6 nitrogen and oxygen atoms in total. The average Bonchev–Trinajstić information content (AvgIpc) is 3.42. The first-order valence-corrected chi connectivity index (χ1v) is 11.0. The van der Waals surface area contributed by atoms with Crippen LogP contribution in [0.1, 0.15) is 35.2 Å². The lowest BCUT2D eigenvalue weighted by Crippen LogP contribution is -2.44. The number of benzene rings is 2. The fourth-order valence-electron chi connectivity index (χ4n) is 4.90. The van der Waals surface area contributed by atoms with E-state index in [2.05, 4.69) is 11.1 Å². The van der Waals surface area contributed by atoms with Gasteiger partial charge in [-0.2, -0.15) is 0 Å². The summed E-state index contributed by atoms with van der Waals surface area (Å²) >= 11 is 0. The molecule has 0 radical (unpaired) electrons. The predicted octanol–water partition coefficient (Wildman–Crippen LogP) is 4.07.